The first-order chi connectivity index (χ1) is 12.8. The Hall–Kier alpha value is -3.04. The molecule has 0 saturated carbocycles. The Morgan fingerprint density at radius 2 is 2.00 bits per heavy atom. The number of nitrogens with one attached hydrogen (secondary N) is 1. The number of rotatable bonds is 7. The summed E-state index contributed by atoms with van der Waals surface area (Å²) in [4.78, 5) is 12.6. The van der Waals surface area contributed by atoms with Crippen molar-refractivity contribution in [3.8, 4) is 17.6 Å². The van der Waals surface area contributed by atoms with E-state index in [1.54, 1.807) is 42.5 Å². The summed E-state index contributed by atoms with van der Waals surface area (Å²) in [6.07, 6.45) is 2.12. The molecule has 6 nitrogen and oxygen atoms in total. The summed E-state index contributed by atoms with van der Waals surface area (Å²) in [7, 11) is 0. The van der Waals surface area contributed by atoms with Crippen LogP contribution < -0.4 is 14.8 Å². The average Bonchev–Trinajstić information content (AvgIpc) is 3.19. The number of carbonyl (C=O) groups is 1. The van der Waals surface area contributed by atoms with E-state index >= 15 is 0 Å². The van der Waals surface area contributed by atoms with Gasteiger partial charge in [-0.25, -0.2) is 0 Å². The van der Waals surface area contributed by atoms with Crippen LogP contribution in [0.3, 0.4) is 0 Å². The van der Waals surface area contributed by atoms with E-state index < -0.39 is 0 Å². The molecule has 6 heteroatoms. The number of para-hydroxylation sites is 1. The lowest BCUT2D eigenvalue weighted by atomic mass is 10.1. The molecule has 1 heterocycles. The van der Waals surface area contributed by atoms with Gasteiger partial charge in [-0.2, -0.15) is 5.26 Å². The second-order valence-corrected chi connectivity index (χ2v) is 5.87. The van der Waals surface area contributed by atoms with Gasteiger partial charge in [0.1, 0.15) is 24.2 Å². The number of anilines is 1. The fourth-order valence-electron chi connectivity index (χ4n) is 2.69. The Bertz CT molecular complexity index is 777. The summed E-state index contributed by atoms with van der Waals surface area (Å²) >= 11 is 0. The van der Waals surface area contributed by atoms with Gasteiger partial charge in [0.15, 0.2) is 6.61 Å². The molecule has 2 aromatic carbocycles. The third-order valence-corrected chi connectivity index (χ3v) is 4.00. The molecule has 26 heavy (non-hydrogen) atoms. The molecule has 0 aliphatic carbocycles. The highest BCUT2D eigenvalue weighted by Gasteiger charge is 2.18. The van der Waals surface area contributed by atoms with E-state index in [4.69, 9.17) is 19.5 Å². The number of carbonyl (C=O) groups excluding carboxylic acids is 1. The number of hydrogen-bond acceptors (Lipinski definition) is 5. The van der Waals surface area contributed by atoms with Crippen molar-refractivity contribution >= 4 is 11.6 Å². The normalized spacial score (nSPS) is 15.9. The minimum atomic E-state index is -0.251. The van der Waals surface area contributed by atoms with Crippen LogP contribution in [0.25, 0.3) is 0 Å². The molecule has 1 saturated heterocycles. The monoisotopic (exact) mass is 352 g/mol. The van der Waals surface area contributed by atoms with E-state index in [0.717, 1.165) is 19.4 Å². The van der Waals surface area contributed by atoms with Crippen molar-refractivity contribution in [3.63, 3.8) is 0 Å². The first-order valence-electron chi connectivity index (χ1n) is 8.51. The molecule has 2 aromatic rings. The lowest BCUT2D eigenvalue weighted by Crippen LogP contribution is -2.19. The van der Waals surface area contributed by atoms with Gasteiger partial charge in [-0.3, -0.25) is 4.79 Å². The second-order valence-electron chi connectivity index (χ2n) is 5.87. The van der Waals surface area contributed by atoms with E-state index in [9.17, 15) is 4.79 Å². The standard InChI is InChI=1S/C20H20N2O4/c21-11-13-25-16-9-7-15(8-10-16)22-20(23)18-5-1-2-6-19(18)26-14-17-4-3-12-24-17/h1-2,5-10,17H,3-4,12-14H2,(H,22,23)/t17-/m0/s1. The zero-order valence-electron chi connectivity index (χ0n) is 14.3. The van der Waals surface area contributed by atoms with Crippen LogP contribution in [-0.4, -0.2) is 31.8 Å². The SMILES string of the molecule is N#CCOc1ccc(NC(=O)c2ccccc2OC[C@@H]2CCCO2)cc1. The minimum absolute atomic E-state index is 0.0128. The van der Waals surface area contributed by atoms with Gasteiger partial charge in [0.2, 0.25) is 0 Å². The molecule has 0 aromatic heterocycles. The molecule has 0 spiro atoms. The summed E-state index contributed by atoms with van der Waals surface area (Å²) < 4.78 is 16.6. The molecule has 1 fully saturated rings. The van der Waals surface area contributed by atoms with Gasteiger partial charge in [-0.05, 0) is 49.2 Å². The van der Waals surface area contributed by atoms with Gasteiger partial charge in [-0.15, -0.1) is 0 Å². The summed E-state index contributed by atoms with van der Waals surface area (Å²) in [6, 6.07) is 15.9. The maximum atomic E-state index is 12.6. The van der Waals surface area contributed by atoms with Crippen LogP contribution in [0.5, 0.6) is 11.5 Å². The van der Waals surface area contributed by atoms with E-state index in [1.807, 2.05) is 12.1 Å². The molecule has 0 radical (unpaired) electrons. The first-order valence-corrected chi connectivity index (χ1v) is 8.51. The van der Waals surface area contributed by atoms with Crippen molar-refractivity contribution in [2.24, 2.45) is 0 Å². The van der Waals surface area contributed by atoms with Crippen molar-refractivity contribution in [1.82, 2.24) is 0 Å². The van der Waals surface area contributed by atoms with Gasteiger partial charge < -0.3 is 19.5 Å². The highest BCUT2D eigenvalue weighted by atomic mass is 16.5. The zero-order chi connectivity index (χ0) is 18.2. The minimum Gasteiger partial charge on any atom is -0.490 e. The van der Waals surface area contributed by atoms with Crippen molar-refractivity contribution in [3.05, 3.63) is 54.1 Å². The van der Waals surface area contributed by atoms with Gasteiger partial charge in [-0.1, -0.05) is 12.1 Å². The van der Waals surface area contributed by atoms with Crippen LogP contribution in [0, 0.1) is 11.3 Å². The molecule has 0 bridgehead atoms. The Kier molecular flexibility index (Phi) is 6.07. The van der Waals surface area contributed by atoms with E-state index in [-0.39, 0.29) is 18.6 Å². The number of nitriles is 1. The van der Waals surface area contributed by atoms with Crippen LogP contribution in [-0.2, 0) is 4.74 Å². The molecule has 1 atom stereocenters. The maximum Gasteiger partial charge on any atom is 0.259 e. The third-order valence-electron chi connectivity index (χ3n) is 4.00. The predicted octanol–water partition coefficient (Wildman–Crippen LogP) is 3.40. The number of amides is 1. The molecular weight excluding hydrogens is 332 g/mol. The first kappa shape index (κ1) is 17.8. The van der Waals surface area contributed by atoms with Crippen molar-refractivity contribution in [2.75, 3.05) is 25.1 Å². The summed E-state index contributed by atoms with van der Waals surface area (Å²) in [5, 5.41) is 11.4. The predicted molar refractivity (Wildman–Crippen MR) is 96.4 cm³/mol. The Morgan fingerprint density at radius 3 is 2.73 bits per heavy atom. The summed E-state index contributed by atoms with van der Waals surface area (Å²) in [5.74, 6) is 0.859. The lowest BCUT2D eigenvalue weighted by Gasteiger charge is -2.14. The maximum absolute atomic E-state index is 12.6. The molecule has 0 unspecified atom stereocenters. The molecule has 1 amide bonds. The summed E-state index contributed by atoms with van der Waals surface area (Å²) in [5.41, 5.74) is 1.10. The van der Waals surface area contributed by atoms with E-state index in [0.29, 0.717) is 29.4 Å². The zero-order valence-corrected chi connectivity index (χ0v) is 14.3. The Morgan fingerprint density at radius 1 is 1.19 bits per heavy atom. The highest BCUT2D eigenvalue weighted by Crippen LogP contribution is 2.22. The van der Waals surface area contributed by atoms with Crippen LogP contribution in [0.2, 0.25) is 0 Å². The lowest BCUT2D eigenvalue weighted by molar-refractivity contribution is 0.0673. The van der Waals surface area contributed by atoms with Crippen molar-refractivity contribution in [2.45, 2.75) is 18.9 Å². The second kappa shape index (κ2) is 8.88. The van der Waals surface area contributed by atoms with E-state index in [1.165, 1.54) is 0 Å². The molecule has 1 aliphatic heterocycles. The summed E-state index contributed by atoms with van der Waals surface area (Å²) in [6.45, 7) is 1.20. The molecule has 134 valence electrons. The quantitative estimate of drug-likeness (QED) is 0.826. The molecule has 1 aliphatic rings. The van der Waals surface area contributed by atoms with Crippen LogP contribution in [0.15, 0.2) is 48.5 Å². The van der Waals surface area contributed by atoms with Crippen LogP contribution in [0.1, 0.15) is 23.2 Å². The van der Waals surface area contributed by atoms with Crippen molar-refractivity contribution in [1.29, 1.82) is 5.26 Å². The van der Waals surface area contributed by atoms with Gasteiger partial charge in [0.05, 0.1) is 11.7 Å². The van der Waals surface area contributed by atoms with Crippen LogP contribution in [0.4, 0.5) is 5.69 Å². The molecule has 3 rings (SSSR count). The van der Waals surface area contributed by atoms with E-state index in [2.05, 4.69) is 5.32 Å². The average molecular weight is 352 g/mol. The number of benzene rings is 2. The highest BCUT2D eigenvalue weighted by molar-refractivity contribution is 6.06. The smallest absolute Gasteiger partial charge is 0.259 e. The fraction of sp³-hybridized carbons (Fsp3) is 0.300. The number of ether oxygens (including phenoxy) is 3. The topological polar surface area (TPSA) is 80.6 Å². The Balaban J connectivity index is 1.62. The fourth-order valence-corrected chi connectivity index (χ4v) is 2.69. The Labute approximate surface area is 152 Å². The van der Waals surface area contributed by atoms with Crippen LogP contribution >= 0.6 is 0 Å². The van der Waals surface area contributed by atoms with Gasteiger partial charge in [0.25, 0.3) is 5.91 Å². The number of hydrogen-bond donors (Lipinski definition) is 1. The molecular formula is C20H20N2O4. The largest absolute Gasteiger partial charge is 0.490 e. The van der Waals surface area contributed by atoms with Gasteiger partial charge in [0, 0.05) is 12.3 Å². The number of nitrogens with zero attached hydrogens (tertiary/aromatic N) is 1. The van der Waals surface area contributed by atoms with Crippen molar-refractivity contribution < 1.29 is 19.0 Å². The van der Waals surface area contributed by atoms with Gasteiger partial charge >= 0.3 is 0 Å². The molecule has 1 N–H and O–H groups in total. The third kappa shape index (κ3) is 4.74.